The van der Waals surface area contributed by atoms with Gasteiger partial charge in [0.15, 0.2) is 0 Å². The van der Waals surface area contributed by atoms with Crippen LogP contribution in [0.4, 0.5) is 5.69 Å². The Morgan fingerprint density at radius 1 is 1.48 bits per heavy atom. The zero-order valence-corrected chi connectivity index (χ0v) is 13.3. The van der Waals surface area contributed by atoms with E-state index in [0.29, 0.717) is 13.0 Å². The largest absolute Gasteiger partial charge is 0.362 e. The molecule has 1 aliphatic rings. The van der Waals surface area contributed by atoms with Gasteiger partial charge in [-0.25, -0.2) is 0 Å². The summed E-state index contributed by atoms with van der Waals surface area (Å²) in [4.78, 5) is 24.6. The molecule has 0 bridgehead atoms. The van der Waals surface area contributed by atoms with Gasteiger partial charge in [0.25, 0.3) is 5.69 Å². The highest BCUT2D eigenvalue weighted by Crippen LogP contribution is 2.26. The molecule has 1 fully saturated rings. The molecular weight excluding hydrogens is 296 g/mol. The summed E-state index contributed by atoms with van der Waals surface area (Å²) in [6, 6.07) is 6.27. The molecule has 2 atom stereocenters. The molecule has 1 aromatic carbocycles. The first kappa shape index (κ1) is 17.1. The summed E-state index contributed by atoms with van der Waals surface area (Å²) in [5, 5.41) is 10.7. The fourth-order valence-corrected chi connectivity index (χ4v) is 2.92. The first-order valence-corrected chi connectivity index (χ1v) is 7.76. The molecule has 0 N–H and O–H groups in total. The molecule has 1 heterocycles. The van der Waals surface area contributed by atoms with Gasteiger partial charge in [0.1, 0.15) is 6.23 Å². The average molecular weight is 318 g/mol. The highest BCUT2D eigenvalue weighted by Gasteiger charge is 2.27. The van der Waals surface area contributed by atoms with E-state index in [1.807, 2.05) is 0 Å². The molecule has 124 valence electrons. The number of nitrogens with zero attached hydrogens (tertiary/aromatic N) is 2. The number of nitro benzene ring substituents is 1. The van der Waals surface area contributed by atoms with Crippen LogP contribution in [-0.2, 0) is 9.53 Å². The number of amides is 1. The van der Waals surface area contributed by atoms with Crippen LogP contribution in [0.1, 0.15) is 37.2 Å². The van der Waals surface area contributed by atoms with Gasteiger partial charge in [0, 0.05) is 38.1 Å². The Bertz CT molecular complexity index is 570. The highest BCUT2D eigenvalue weighted by molar-refractivity contribution is 5.77. The molecule has 0 saturated carbocycles. The number of piperidine rings is 1. The van der Waals surface area contributed by atoms with E-state index in [0.717, 1.165) is 24.8 Å². The molecule has 23 heavy (non-hydrogen) atoms. The van der Waals surface area contributed by atoms with Gasteiger partial charge in [-0.05, 0) is 24.8 Å². The number of hydrogen-bond donors (Lipinski definition) is 0. The van der Waals surface area contributed by atoms with Gasteiger partial charge in [-0.2, -0.15) is 0 Å². The third kappa shape index (κ3) is 4.16. The topological polar surface area (TPSA) is 72.7 Å². The maximum Gasteiger partial charge on any atom is 0.269 e. The normalized spacial score (nSPS) is 19.2. The first-order valence-electron chi connectivity index (χ1n) is 7.76. The van der Waals surface area contributed by atoms with Crippen molar-refractivity contribution < 1.29 is 14.5 Å². The van der Waals surface area contributed by atoms with Crippen LogP contribution >= 0.6 is 0 Å². The predicted octanol–water partition coefficient (Wildman–Crippen LogP) is 3.24. The van der Waals surface area contributed by atoms with Crippen molar-refractivity contribution in [1.82, 2.24) is 4.90 Å². The summed E-state index contributed by atoms with van der Waals surface area (Å²) in [6.07, 6.45) is 4.76. The number of benzene rings is 1. The molecule has 1 saturated heterocycles. The van der Waals surface area contributed by atoms with Gasteiger partial charge in [-0.1, -0.05) is 18.2 Å². The van der Waals surface area contributed by atoms with E-state index in [4.69, 9.17) is 4.74 Å². The van der Waals surface area contributed by atoms with Crippen LogP contribution in [0.3, 0.4) is 0 Å². The molecule has 0 radical (unpaired) electrons. The first-order chi connectivity index (χ1) is 11.1. The second-order valence-electron chi connectivity index (χ2n) is 5.67. The van der Waals surface area contributed by atoms with Gasteiger partial charge in [0.05, 0.1) is 4.92 Å². The number of rotatable bonds is 6. The van der Waals surface area contributed by atoms with Crippen molar-refractivity contribution in [3.63, 3.8) is 0 Å². The summed E-state index contributed by atoms with van der Waals surface area (Å²) in [6.45, 7) is 4.51. The van der Waals surface area contributed by atoms with Crippen molar-refractivity contribution in [2.75, 3.05) is 13.7 Å². The number of carbonyl (C=O) groups is 1. The fraction of sp³-hybridized carbons (Fsp3) is 0.471. The minimum absolute atomic E-state index is 0.0276. The molecular formula is C17H22N2O4. The number of ether oxygens (including phenoxy) is 1. The SMILES string of the molecule is C=CC(CC(=O)N1CCCCC1OC)c1ccc([N+](=O)[O-])cc1. The zero-order valence-electron chi connectivity index (χ0n) is 13.3. The van der Waals surface area contributed by atoms with Crippen LogP contribution in [0.2, 0.25) is 0 Å². The van der Waals surface area contributed by atoms with Gasteiger partial charge < -0.3 is 9.64 Å². The number of nitro groups is 1. The van der Waals surface area contributed by atoms with Crippen molar-refractivity contribution in [2.45, 2.75) is 37.8 Å². The maximum atomic E-state index is 12.6. The Morgan fingerprint density at radius 2 is 2.17 bits per heavy atom. The number of carbonyl (C=O) groups excluding carboxylic acids is 1. The summed E-state index contributed by atoms with van der Waals surface area (Å²) in [7, 11) is 1.62. The molecule has 6 heteroatoms. The van der Waals surface area contributed by atoms with E-state index in [-0.39, 0.29) is 23.7 Å². The molecule has 1 aliphatic heterocycles. The minimum Gasteiger partial charge on any atom is -0.362 e. The number of non-ortho nitro benzene ring substituents is 1. The Hall–Kier alpha value is -2.21. The fourth-order valence-electron chi connectivity index (χ4n) is 2.92. The van der Waals surface area contributed by atoms with E-state index in [1.165, 1.54) is 12.1 Å². The quantitative estimate of drug-likeness (QED) is 0.458. The van der Waals surface area contributed by atoms with Gasteiger partial charge in [0.2, 0.25) is 5.91 Å². The monoisotopic (exact) mass is 318 g/mol. The van der Waals surface area contributed by atoms with E-state index in [2.05, 4.69) is 6.58 Å². The van der Waals surface area contributed by atoms with E-state index >= 15 is 0 Å². The lowest BCUT2D eigenvalue weighted by atomic mass is 9.94. The van der Waals surface area contributed by atoms with Crippen molar-refractivity contribution in [3.05, 3.63) is 52.6 Å². The zero-order chi connectivity index (χ0) is 16.8. The van der Waals surface area contributed by atoms with Gasteiger partial charge >= 0.3 is 0 Å². The lowest BCUT2D eigenvalue weighted by Gasteiger charge is -2.35. The minimum atomic E-state index is -0.436. The summed E-state index contributed by atoms with van der Waals surface area (Å²) >= 11 is 0. The maximum absolute atomic E-state index is 12.6. The summed E-state index contributed by atoms with van der Waals surface area (Å²) < 4.78 is 5.39. The number of likely N-dealkylation sites (tertiary alicyclic amines) is 1. The smallest absolute Gasteiger partial charge is 0.269 e. The molecule has 0 aliphatic carbocycles. The number of hydrogen-bond acceptors (Lipinski definition) is 4. The van der Waals surface area contributed by atoms with Crippen LogP contribution in [0, 0.1) is 10.1 Å². The van der Waals surface area contributed by atoms with Crippen molar-refractivity contribution in [1.29, 1.82) is 0 Å². The predicted molar refractivity (Wildman–Crippen MR) is 87.0 cm³/mol. The van der Waals surface area contributed by atoms with Crippen LogP contribution in [-0.4, -0.2) is 35.6 Å². The van der Waals surface area contributed by atoms with Gasteiger partial charge in [-0.3, -0.25) is 14.9 Å². The van der Waals surface area contributed by atoms with E-state index in [9.17, 15) is 14.9 Å². The second-order valence-corrected chi connectivity index (χ2v) is 5.67. The molecule has 1 amide bonds. The second kappa shape index (κ2) is 7.87. The lowest BCUT2D eigenvalue weighted by Crippen LogP contribution is -2.45. The Labute approximate surface area is 135 Å². The third-order valence-electron chi connectivity index (χ3n) is 4.25. The standard InChI is InChI=1S/C17H22N2O4/c1-3-13(14-7-9-15(10-8-14)19(21)22)12-16(20)18-11-5-4-6-17(18)23-2/h3,7-10,13,17H,1,4-6,11-12H2,2H3. The van der Waals surface area contributed by atoms with Crippen LogP contribution in [0.5, 0.6) is 0 Å². The molecule has 1 aromatic rings. The molecule has 2 rings (SSSR count). The number of allylic oxidation sites excluding steroid dienone is 1. The van der Waals surface area contributed by atoms with Crippen molar-refractivity contribution >= 4 is 11.6 Å². The molecule has 2 unspecified atom stereocenters. The molecule has 0 aromatic heterocycles. The van der Waals surface area contributed by atoms with Crippen molar-refractivity contribution in [3.8, 4) is 0 Å². The average Bonchev–Trinajstić information content (AvgIpc) is 2.59. The molecule has 0 spiro atoms. The van der Waals surface area contributed by atoms with E-state index in [1.54, 1.807) is 30.2 Å². The summed E-state index contributed by atoms with van der Waals surface area (Å²) in [5.74, 6) is -0.137. The number of methoxy groups -OCH3 is 1. The third-order valence-corrected chi connectivity index (χ3v) is 4.25. The van der Waals surface area contributed by atoms with Crippen LogP contribution < -0.4 is 0 Å². The lowest BCUT2D eigenvalue weighted by molar-refractivity contribution is -0.384. The van der Waals surface area contributed by atoms with Crippen LogP contribution in [0.15, 0.2) is 36.9 Å². The van der Waals surface area contributed by atoms with E-state index < -0.39 is 4.92 Å². The highest BCUT2D eigenvalue weighted by atomic mass is 16.6. The van der Waals surface area contributed by atoms with Crippen LogP contribution in [0.25, 0.3) is 0 Å². The Morgan fingerprint density at radius 3 is 2.74 bits per heavy atom. The Balaban J connectivity index is 2.07. The van der Waals surface area contributed by atoms with Crippen molar-refractivity contribution in [2.24, 2.45) is 0 Å². The molecule has 6 nitrogen and oxygen atoms in total. The summed E-state index contributed by atoms with van der Waals surface area (Å²) in [5.41, 5.74) is 0.892. The van der Waals surface area contributed by atoms with Gasteiger partial charge in [-0.15, -0.1) is 6.58 Å². The Kier molecular flexibility index (Phi) is 5.87.